The van der Waals surface area contributed by atoms with E-state index >= 15 is 0 Å². The van der Waals surface area contributed by atoms with Crippen molar-refractivity contribution in [3.05, 3.63) is 35.0 Å². The molecule has 0 bridgehead atoms. The maximum atomic E-state index is 2.42. The molecule has 0 radical (unpaired) electrons. The third kappa shape index (κ3) is 0.895. The van der Waals surface area contributed by atoms with Crippen LogP contribution >= 0.6 is 0 Å². The van der Waals surface area contributed by atoms with Crippen molar-refractivity contribution in [3.63, 3.8) is 0 Å². The highest BCUT2D eigenvalue weighted by Crippen LogP contribution is 2.25. The molecule has 1 aliphatic rings. The summed E-state index contributed by atoms with van der Waals surface area (Å²) in [6.07, 6.45) is 2.35. The van der Waals surface area contributed by atoms with Gasteiger partial charge in [-0.3, -0.25) is 0 Å². The van der Waals surface area contributed by atoms with Gasteiger partial charge in [-0.25, -0.2) is 0 Å². The molecule has 0 fully saturated rings. The summed E-state index contributed by atoms with van der Waals surface area (Å²) in [7, 11) is -1.20. The average Bonchev–Trinajstić information content (AvgIpc) is 2.25. The van der Waals surface area contributed by atoms with Crippen LogP contribution in [-0.4, -0.2) is 8.07 Å². The molecule has 1 aromatic rings. The van der Waals surface area contributed by atoms with E-state index < -0.39 is 8.07 Å². The number of benzene rings is 1. The summed E-state index contributed by atoms with van der Waals surface area (Å²) in [5.41, 5.74) is 1.45. The van der Waals surface area contributed by atoms with Gasteiger partial charge >= 0.3 is 0 Å². The molecule has 12 heavy (non-hydrogen) atoms. The van der Waals surface area contributed by atoms with E-state index in [0.717, 1.165) is 0 Å². The van der Waals surface area contributed by atoms with Gasteiger partial charge in [-0.05, 0) is 17.7 Å². The molecule has 1 aliphatic heterocycles. The van der Waals surface area contributed by atoms with Crippen LogP contribution in [0.4, 0.5) is 0 Å². The molecule has 0 N–H and O–H groups in total. The van der Waals surface area contributed by atoms with Crippen molar-refractivity contribution < 1.29 is 0 Å². The van der Waals surface area contributed by atoms with Gasteiger partial charge in [0.15, 0.2) is 0 Å². The minimum atomic E-state index is -1.20. The average molecular weight is 174 g/mol. The van der Waals surface area contributed by atoms with E-state index in [9.17, 15) is 0 Å². The van der Waals surface area contributed by atoms with Crippen molar-refractivity contribution in [3.8, 4) is 0 Å². The van der Waals surface area contributed by atoms with Crippen molar-refractivity contribution in [1.82, 2.24) is 0 Å². The van der Waals surface area contributed by atoms with Crippen LogP contribution in [0.3, 0.4) is 0 Å². The Morgan fingerprint density at radius 1 is 1.08 bits per heavy atom. The largest absolute Gasteiger partial charge is 0.108 e. The summed E-state index contributed by atoms with van der Waals surface area (Å²) in [6, 6.07) is 8.79. The summed E-state index contributed by atoms with van der Waals surface area (Å²) in [5.74, 6) is 0. The van der Waals surface area contributed by atoms with Crippen LogP contribution in [0.1, 0.15) is 12.5 Å². The normalized spacial score (nSPS) is 18.8. The summed E-state index contributed by atoms with van der Waals surface area (Å²) in [4.78, 5) is 0. The minimum absolute atomic E-state index is 1.20. The molecular formula is C11H14Si. The van der Waals surface area contributed by atoms with E-state index in [1.807, 2.05) is 0 Å². The molecule has 62 valence electrons. The highest BCUT2D eigenvalue weighted by Gasteiger charge is 2.31. The number of allylic oxidation sites excluding steroid dienone is 1. The Bertz CT molecular complexity index is 348. The highest BCUT2D eigenvalue weighted by atomic mass is 28.3. The maximum absolute atomic E-state index is 2.42. The van der Waals surface area contributed by atoms with E-state index in [1.54, 1.807) is 10.4 Å². The minimum Gasteiger partial charge on any atom is -0.0785 e. The summed E-state index contributed by atoms with van der Waals surface area (Å²) in [5, 5.41) is 3.20. The van der Waals surface area contributed by atoms with E-state index in [2.05, 4.69) is 50.4 Å². The molecule has 0 spiro atoms. The van der Waals surface area contributed by atoms with Gasteiger partial charge in [-0.2, -0.15) is 0 Å². The molecule has 1 aromatic carbocycles. The molecule has 1 heterocycles. The Labute approximate surface area is 74.9 Å². The second-order valence-electron chi connectivity index (χ2n) is 4.04. The van der Waals surface area contributed by atoms with E-state index in [-0.39, 0.29) is 0 Å². The van der Waals surface area contributed by atoms with Gasteiger partial charge in [0.05, 0.1) is 0 Å². The Kier molecular flexibility index (Phi) is 1.52. The maximum Gasteiger partial charge on any atom is 0.108 e. The van der Waals surface area contributed by atoms with Gasteiger partial charge in [-0.15, -0.1) is 0 Å². The fourth-order valence-corrected chi connectivity index (χ4v) is 4.15. The Balaban J connectivity index is 2.66. The number of hydrogen-bond donors (Lipinski definition) is 0. The predicted octanol–water partition coefficient (Wildman–Crippen LogP) is 2.56. The molecule has 1 heteroatoms. The van der Waals surface area contributed by atoms with Crippen LogP contribution < -0.4 is 5.19 Å². The van der Waals surface area contributed by atoms with Crippen LogP contribution in [0.2, 0.25) is 13.1 Å². The van der Waals surface area contributed by atoms with Gasteiger partial charge in [-0.1, -0.05) is 48.6 Å². The number of fused-ring (bicyclic) bond motifs is 1. The van der Waals surface area contributed by atoms with Crippen molar-refractivity contribution in [2.75, 3.05) is 0 Å². The molecule has 0 saturated heterocycles. The molecule has 0 atom stereocenters. The van der Waals surface area contributed by atoms with Gasteiger partial charge in [0.25, 0.3) is 0 Å². The Morgan fingerprint density at radius 3 is 2.42 bits per heavy atom. The first kappa shape index (κ1) is 7.81. The lowest BCUT2D eigenvalue weighted by atomic mass is 10.2. The molecule has 2 rings (SSSR count). The molecule has 0 saturated carbocycles. The van der Waals surface area contributed by atoms with Crippen LogP contribution in [0.25, 0.3) is 6.08 Å². The van der Waals surface area contributed by atoms with E-state index in [0.29, 0.717) is 0 Å². The number of hydrogen-bond acceptors (Lipinski definition) is 0. The second-order valence-corrected chi connectivity index (χ2v) is 8.62. The quantitative estimate of drug-likeness (QED) is 0.530. The third-order valence-electron chi connectivity index (χ3n) is 2.99. The standard InChI is InChI=1S/C11H14Si/c1-9-8-10-6-4-5-7-11(10)12(9,2)3/h4-8H,1-3H3. The van der Waals surface area contributed by atoms with Crippen molar-refractivity contribution in [1.29, 1.82) is 0 Å². The molecule has 0 amide bonds. The van der Waals surface area contributed by atoms with Gasteiger partial charge in [0.2, 0.25) is 0 Å². The Morgan fingerprint density at radius 2 is 1.75 bits per heavy atom. The van der Waals surface area contributed by atoms with Crippen LogP contribution in [0.5, 0.6) is 0 Å². The first-order chi connectivity index (χ1) is 5.62. The smallest absolute Gasteiger partial charge is 0.0785 e. The van der Waals surface area contributed by atoms with Gasteiger partial charge < -0.3 is 0 Å². The Hall–Kier alpha value is -0.823. The van der Waals surface area contributed by atoms with Crippen molar-refractivity contribution >= 4 is 19.3 Å². The van der Waals surface area contributed by atoms with E-state index in [4.69, 9.17) is 0 Å². The van der Waals surface area contributed by atoms with Crippen molar-refractivity contribution in [2.24, 2.45) is 0 Å². The lowest BCUT2D eigenvalue weighted by Gasteiger charge is -2.19. The molecule has 0 aromatic heterocycles. The fourth-order valence-electron chi connectivity index (χ4n) is 1.82. The first-order valence-corrected chi connectivity index (χ1v) is 7.40. The van der Waals surface area contributed by atoms with E-state index in [1.165, 1.54) is 5.56 Å². The zero-order valence-electron chi connectivity index (χ0n) is 7.89. The summed E-state index contributed by atoms with van der Waals surface area (Å²) < 4.78 is 0. The first-order valence-electron chi connectivity index (χ1n) is 4.40. The third-order valence-corrected chi connectivity index (χ3v) is 6.91. The lowest BCUT2D eigenvalue weighted by Crippen LogP contribution is -2.40. The molecule has 0 nitrogen and oxygen atoms in total. The van der Waals surface area contributed by atoms with Crippen molar-refractivity contribution in [2.45, 2.75) is 20.0 Å². The SMILES string of the molecule is CC1=Cc2ccccc2[Si]1(C)C. The van der Waals surface area contributed by atoms with Crippen LogP contribution in [0.15, 0.2) is 29.5 Å². The molecular weight excluding hydrogens is 160 g/mol. The highest BCUT2D eigenvalue weighted by molar-refractivity contribution is 6.97. The number of rotatable bonds is 0. The zero-order valence-corrected chi connectivity index (χ0v) is 8.89. The van der Waals surface area contributed by atoms with Gasteiger partial charge in [0, 0.05) is 0 Å². The summed E-state index contributed by atoms with van der Waals surface area (Å²) >= 11 is 0. The van der Waals surface area contributed by atoms with Gasteiger partial charge in [0.1, 0.15) is 8.07 Å². The van der Waals surface area contributed by atoms with Crippen LogP contribution in [0, 0.1) is 0 Å². The second kappa shape index (κ2) is 2.33. The molecule has 0 unspecified atom stereocenters. The summed E-state index contributed by atoms with van der Waals surface area (Å²) in [6.45, 7) is 7.11. The topological polar surface area (TPSA) is 0 Å². The predicted molar refractivity (Wildman–Crippen MR) is 57.2 cm³/mol. The zero-order chi connectivity index (χ0) is 8.77. The fraction of sp³-hybridized carbons (Fsp3) is 0.273. The van der Waals surface area contributed by atoms with Crippen LogP contribution in [-0.2, 0) is 0 Å². The molecule has 0 aliphatic carbocycles. The monoisotopic (exact) mass is 174 g/mol. The lowest BCUT2D eigenvalue weighted by molar-refractivity contribution is 1.62.